The predicted molar refractivity (Wildman–Crippen MR) is 344 cm³/mol. The molecule has 0 radical (unpaired) electrons. The second-order valence-corrected chi connectivity index (χ2v) is 29.7. The lowest BCUT2D eigenvalue weighted by Crippen LogP contribution is -2.27. The van der Waals surface area contributed by atoms with E-state index in [0.29, 0.717) is 0 Å². The van der Waals surface area contributed by atoms with Gasteiger partial charge in [0.05, 0.1) is 7.57 Å². The largest absolute Gasteiger partial charge is 0.128 e. The third-order valence-corrected chi connectivity index (χ3v) is 22.7. The quantitative estimate of drug-likeness (QED) is 0.0388. The van der Waals surface area contributed by atoms with Crippen molar-refractivity contribution in [1.29, 1.82) is 0 Å². The van der Waals surface area contributed by atoms with Crippen molar-refractivity contribution in [2.24, 2.45) is 0 Å². The molecule has 0 N–H and O–H groups in total. The van der Waals surface area contributed by atoms with Crippen molar-refractivity contribution >= 4 is 54.5 Å². The molecule has 2 aromatic carbocycles. The molecule has 2 heterocycles. The summed E-state index contributed by atoms with van der Waals surface area (Å²) in [5.74, 6) is 0. The summed E-state index contributed by atoms with van der Waals surface area (Å²) in [6, 6.07) is 16.9. The number of fused-ring (bicyclic) bond motifs is 9. The Bertz CT molecular complexity index is 2100. The van der Waals surface area contributed by atoms with Crippen molar-refractivity contribution in [2.75, 3.05) is 0 Å². The molecular weight excluding hydrogens is 1080 g/mol. The lowest BCUT2D eigenvalue weighted by Gasteiger charge is -2.35. The number of rotatable bonds is 42. The van der Waals surface area contributed by atoms with E-state index in [0.717, 1.165) is 0 Å². The number of unbranched alkanes of at least 4 members (excludes halogenated alkanes) is 30. The molecule has 0 fully saturated rings. The zero-order chi connectivity index (χ0) is 52.9. The molecule has 75 heavy (non-hydrogen) atoms. The molecule has 0 nitrogen and oxygen atoms in total. The molecule has 0 atom stereocenters. The summed E-state index contributed by atoms with van der Waals surface area (Å²) in [4.78, 5) is 3.21. The molecule has 0 spiro atoms. The van der Waals surface area contributed by atoms with Gasteiger partial charge in [-0.15, -0.1) is 22.7 Å². The van der Waals surface area contributed by atoms with E-state index in [1.807, 2.05) is 0 Å². The number of halogens is 2. The van der Waals surface area contributed by atoms with Gasteiger partial charge in [-0.2, -0.15) is 0 Å². The van der Waals surface area contributed by atoms with Gasteiger partial charge in [-0.05, 0) is 162 Å². The molecule has 4 aromatic rings. The molecule has 3 aliphatic carbocycles. The number of benzene rings is 2. The van der Waals surface area contributed by atoms with E-state index in [1.165, 1.54) is 277 Å². The first-order valence-corrected chi connectivity index (χ1v) is 36.0. The van der Waals surface area contributed by atoms with Gasteiger partial charge in [0.25, 0.3) is 0 Å². The summed E-state index contributed by atoms with van der Waals surface area (Å²) < 4.78 is 2.67. The van der Waals surface area contributed by atoms with Gasteiger partial charge < -0.3 is 0 Å². The highest BCUT2D eigenvalue weighted by Crippen LogP contribution is 2.66. The van der Waals surface area contributed by atoms with Gasteiger partial charge in [0, 0.05) is 26.0 Å². The van der Waals surface area contributed by atoms with E-state index in [4.69, 9.17) is 0 Å². The van der Waals surface area contributed by atoms with Gasteiger partial charge in [-0.3, -0.25) is 0 Å². The highest BCUT2D eigenvalue weighted by molar-refractivity contribution is 9.11. The fraction of sp³-hybridized carbons (Fsp3) is 0.718. The van der Waals surface area contributed by atoms with E-state index in [9.17, 15) is 0 Å². The molecule has 4 heteroatoms. The molecule has 2 aromatic heterocycles. The highest BCUT2D eigenvalue weighted by Gasteiger charge is 2.51. The second kappa shape index (κ2) is 31.7. The Balaban J connectivity index is 1.42. The van der Waals surface area contributed by atoms with Crippen molar-refractivity contribution < 1.29 is 0 Å². The molecular formula is C71H108Br2S2. The molecule has 0 unspecified atom stereocenters. The maximum Gasteiger partial charge on any atom is 0.0708 e. The van der Waals surface area contributed by atoms with Crippen LogP contribution in [0.3, 0.4) is 0 Å². The minimum absolute atomic E-state index is 0.0428. The molecule has 3 aliphatic rings. The smallest absolute Gasteiger partial charge is 0.0708 e. The Morgan fingerprint density at radius 2 is 0.453 bits per heavy atom. The lowest BCUT2D eigenvalue weighted by molar-refractivity contribution is 0.393. The molecule has 0 aliphatic heterocycles. The first-order valence-electron chi connectivity index (χ1n) is 32.8. The van der Waals surface area contributed by atoms with Crippen LogP contribution in [-0.2, 0) is 16.2 Å². The van der Waals surface area contributed by atoms with Crippen LogP contribution in [0.15, 0.2) is 44.0 Å². The summed E-state index contributed by atoms with van der Waals surface area (Å²) in [5, 5.41) is 0. The first kappa shape index (κ1) is 61.4. The Morgan fingerprint density at radius 1 is 0.253 bits per heavy atom. The van der Waals surface area contributed by atoms with Crippen LogP contribution in [0, 0.1) is 0 Å². The number of hydrogen-bond donors (Lipinski definition) is 0. The number of hydrogen-bond acceptors (Lipinski definition) is 2. The summed E-state index contributed by atoms with van der Waals surface area (Å²) in [7, 11) is 0. The second-order valence-electron chi connectivity index (χ2n) is 24.8. The van der Waals surface area contributed by atoms with Crippen molar-refractivity contribution in [3.8, 4) is 32.0 Å². The van der Waals surface area contributed by atoms with Crippen LogP contribution in [-0.4, -0.2) is 0 Å². The maximum atomic E-state index is 4.15. The van der Waals surface area contributed by atoms with Crippen LogP contribution in [0.25, 0.3) is 32.0 Å². The van der Waals surface area contributed by atoms with E-state index in [-0.39, 0.29) is 16.2 Å². The van der Waals surface area contributed by atoms with Crippen LogP contribution >= 0.6 is 54.5 Å². The fourth-order valence-corrected chi connectivity index (χ4v) is 18.6. The lowest BCUT2D eigenvalue weighted by atomic mass is 9.68. The normalized spacial score (nSPS) is 15.1. The highest BCUT2D eigenvalue weighted by atomic mass is 79.9. The molecule has 0 amide bonds. The van der Waals surface area contributed by atoms with E-state index >= 15 is 0 Å². The monoisotopic (exact) mass is 1180 g/mol. The maximum absolute atomic E-state index is 4.15. The molecule has 0 saturated carbocycles. The zero-order valence-electron chi connectivity index (χ0n) is 49.2. The van der Waals surface area contributed by atoms with Gasteiger partial charge in [-0.25, -0.2) is 0 Å². The first-order chi connectivity index (χ1) is 36.8. The van der Waals surface area contributed by atoms with Gasteiger partial charge in [0.15, 0.2) is 0 Å². The van der Waals surface area contributed by atoms with Gasteiger partial charge in [0.2, 0.25) is 0 Å². The standard InChI is InChI=1S/C71H108Br2S2/c1-7-13-19-25-31-37-43-69(44-38-32-26-20-14-8-2)59-51-57-61(70(45-39-33-27-21-15-9-3,46-40-34-28-22-16-10-4)63-53-65(72)74-67(57)63)49-55(59)56-50-62-58(52-60(56)69)68-64(54-66(73)75-68)71(62,47-41-35-29-23-17-11-5)48-42-36-30-24-18-12-6/h49-54H,7-48H2,1-6H3. The molecule has 418 valence electrons. The van der Waals surface area contributed by atoms with Gasteiger partial charge in [0.1, 0.15) is 0 Å². The Labute approximate surface area is 487 Å². The zero-order valence-corrected chi connectivity index (χ0v) is 54.0. The fourth-order valence-electron chi connectivity index (χ4n) is 15.1. The van der Waals surface area contributed by atoms with Crippen molar-refractivity contribution in [3.05, 3.63) is 77.4 Å². The molecule has 0 bridgehead atoms. The predicted octanol–water partition coefficient (Wildman–Crippen LogP) is 26.6. The van der Waals surface area contributed by atoms with Crippen LogP contribution in [0.1, 0.15) is 345 Å². The van der Waals surface area contributed by atoms with Crippen molar-refractivity contribution in [3.63, 3.8) is 0 Å². The molecule has 7 rings (SSSR count). The summed E-state index contributed by atoms with van der Waals surface area (Å²) in [5.41, 5.74) is 17.0. The Morgan fingerprint density at radius 3 is 0.707 bits per heavy atom. The van der Waals surface area contributed by atoms with Crippen LogP contribution in [0.2, 0.25) is 0 Å². The van der Waals surface area contributed by atoms with Crippen LogP contribution < -0.4 is 0 Å². The summed E-state index contributed by atoms with van der Waals surface area (Å²) >= 11 is 12.4. The summed E-state index contributed by atoms with van der Waals surface area (Å²) in [6.45, 7) is 14.2. The topological polar surface area (TPSA) is 0 Å². The average molecular weight is 1190 g/mol. The summed E-state index contributed by atoms with van der Waals surface area (Å²) in [6.07, 6.45) is 56.8. The third-order valence-electron chi connectivity index (χ3n) is 19.3. The Hall–Kier alpha value is -1.20. The van der Waals surface area contributed by atoms with Crippen molar-refractivity contribution in [2.45, 2.75) is 327 Å². The van der Waals surface area contributed by atoms with E-state index < -0.39 is 0 Å². The van der Waals surface area contributed by atoms with Crippen LogP contribution in [0.5, 0.6) is 0 Å². The SMILES string of the molecule is CCCCCCCCC1(CCCCCCCC)c2cc3c(cc2-c2cc4c(cc21)-c1sc(Br)cc1C4(CCCCCCCC)CCCCCCCC)C(CCCCCCCC)(CCCCCCCC)c1cc(Br)sc1-3. The minimum atomic E-state index is 0.0428. The average Bonchev–Trinajstić information content (AvgIpc) is 4.27. The minimum Gasteiger partial charge on any atom is -0.128 e. The molecule has 0 saturated heterocycles. The van der Waals surface area contributed by atoms with Gasteiger partial charge >= 0.3 is 0 Å². The van der Waals surface area contributed by atoms with E-state index in [1.54, 1.807) is 65.4 Å². The van der Waals surface area contributed by atoms with Crippen LogP contribution in [0.4, 0.5) is 0 Å². The van der Waals surface area contributed by atoms with Crippen molar-refractivity contribution in [1.82, 2.24) is 0 Å². The van der Waals surface area contributed by atoms with Gasteiger partial charge in [-0.1, -0.05) is 273 Å². The third kappa shape index (κ3) is 14.8. The Kier molecular flexibility index (Phi) is 26.0. The van der Waals surface area contributed by atoms with E-state index in [2.05, 4.69) is 132 Å². The number of thiophene rings is 2.